The predicted molar refractivity (Wildman–Crippen MR) is 114 cm³/mol. The molecule has 0 atom stereocenters. The molecule has 0 saturated carbocycles. The maximum atomic E-state index is 5.32. The van der Waals surface area contributed by atoms with Gasteiger partial charge in [0, 0.05) is 16.8 Å². The largest absolute Gasteiger partial charge is 0.464 e. The first kappa shape index (κ1) is 20.6. The highest BCUT2D eigenvalue weighted by Crippen LogP contribution is 2.22. The summed E-state index contributed by atoms with van der Waals surface area (Å²) in [6.45, 7) is 9.73. The molecule has 4 heteroatoms. The first-order valence-electron chi connectivity index (χ1n) is 9.24. The second-order valence-corrected chi connectivity index (χ2v) is 7.69. The van der Waals surface area contributed by atoms with E-state index >= 15 is 0 Å². The number of hydrogen-bond donors (Lipinski definition) is 2. The molecule has 3 rings (SSSR count). The highest BCUT2D eigenvalue weighted by atomic mass is 32.2. The molecule has 1 aromatic heterocycles. The minimum absolute atomic E-state index is 0.726. The zero-order valence-corrected chi connectivity index (χ0v) is 16.8. The summed E-state index contributed by atoms with van der Waals surface area (Å²) in [5.74, 6) is 0.726. The van der Waals surface area contributed by atoms with Crippen LogP contribution in [-0.4, -0.2) is 19.6 Å². The number of benzene rings is 2. The van der Waals surface area contributed by atoms with E-state index in [2.05, 4.69) is 55.1 Å². The normalized spacial score (nSPS) is 10.8. The monoisotopic (exact) mass is 370 g/mol. The first-order chi connectivity index (χ1) is 12.6. The van der Waals surface area contributed by atoms with Crippen LogP contribution in [0.4, 0.5) is 0 Å². The Bertz CT molecular complexity index is 740. The van der Waals surface area contributed by atoms with Gasteiger partial charge in [0.1, 0.15) is 5.58 Å². The zero-order chi connectivity index (χ0) is 18.6. The number of furan rings is 1. The molecule has 0 aliphatic carbocycles. The van der Waals surface area contributed by atoms with Crippen molar-refractivity contribution in [3.8, 4) is 0 Å². The van der Waals surface area contributed by atoms with Gasteiger partial charge in [0.05, 0.1) is 6.26 Å². The highest BCUT2D eigenvalue weighted by Gasteiger charge is 1.99. The van der Waals surface area contributed by atoms with Crippen LogP contribution in [0.1, 0.15) is 25.8 Å². The summed E-state index contributed by atoms with van der Waals surface area (Å²) in [6.07, 6.45) is 2.88. The molecule has 0 unspecified atom stereocenters. The number of nitrogens with one attached hydrogen (secondary N) is 2. The molecule has 0 bridgehead atoms. The average Bonchev–Trinajstić information content (AvgIpc) is 3.09. The number of rotatable bonds is 8. The fraction of sp³-hybridized carbons (Fsp3) is 0.364. The minimum Gasteiger partial charge on any atom is -0.464 e. The van der Waals surface area contributed by atoms with Crippen molar-refractivity contribution >= 4 is 22.9 Å². The van der Waals surface area contributed by atoms with E-state index < -0.39 is 0 Å². The van der Waals surface area contributed by atoms with Crippen LogP contribution in [0.2, 0.25) is 0 Å². The topological polar surface area (TPSA) is 37.2 Å². The third-order valence-corrected chi connectivity index (χ3v) is 4.58. The number of fused-ring (bicyclic) bond motifs is 1. The summed E-state index contributed by atoms with van der Waals surface area (Å²) in [4.78, 5) is 1.23. The van der Waals surface area contributed by atoms with Crippen LogP contribution < -0.4 is 10.0 Å². The van der Waals surface area contributed by atoms with E-state index in [0.29, 0.717) is 0 Å². The molecular formula is C22H30N2OS. The van der Waals surface area contributed by atoms with Gasteiger partial charge in [-0.25, -0.2) is 0 Å². The third-order valence-electron chi connectivity index (χ3n) is 3.74. The Hall–Kier alpha value is -1.75. The lowest BCUT2D eigenvalue weighted by molar-refractivity contribution is 0.543. The fourth-order valence-electron chi connectivity index (χ4n) is 2.35. The molecule has 2 aromatic carbocycles. The van der Waals surface area contributed by atoms with Crippen molar-refractivity contribution in [3.63, 3.8) is 0 Å². The Morgan fingerprint density at radius 2 is 1.81 bits per heavy atom. The molecule has 0 amide bonds. The van der Waals surface area contributed by atoms with Crippen LogP contribution >= 0.6 is 11.9 Å². The first-order valence-corrected chi connectivity index (χ1v) is 10.1. The highest BCUT2D eigenvalue weighted by molar-refractivity contribution is 7.97. The van der Waals surface area contributed by atoms with Crippen molar-refractivity contribution in [2.45, 2.75) is 32.1 Å². The van der Waals surface area contributed by atoms with E-state index in [1.165, 1.54) is 10.5 Å². The molecule has 0 spiro atoms. The van der Waals surface area contributed by atoms with E-state index in [0.717, 1.165) is 42.9 Å². The summed E-state index contributed by atoms with van der Waals surface area (Å²) in [5, 5.41) is 4.60. The van der Waals surface area contributed by atoms with E-state index in [4.69, 9.17) is 4.42 Å². The van der Waals surface area contributed by atoms with Gasteiger partial charge in [0.25, 0.3) is 0 Å². The van der Waals surface area contributed by atoms with Gasteiger partial charge in [-0.1, -0.05) is 49.7 Å². The van der Waals surface area contributed by atoms with Crippen molar-refractivity contribution in [1.82, 2.24) is 10.0 Å². The van der Waals surface area contributed by atoms with Gasteiger partial charge in [0.15, 0.2) is 0 Å². The lowest BCUT2D eigenvalue weighted by Gasteiger charge is -2.07. The van der Waals surface area contributed by atoms with Gasteiger partial charge in [-0.3, -0.25) is 4.72 Å². The Balaban J connectivity index is 0.000000290. The third kappa shape index (κ3) is 8.09. The van der Waals surface area contributed by atoms with Crippen molar-refractivity contribution < 1.29 is 4.42 Å². The molecule has 1 heterocycles. The van der Waals surface area contributed by atoms with Crippen LogP contribution in [0.3, 0.4) is 0 Å². The molecule has 2 N–H and O–H groups in total. The lowest BCUT2D eigenvalue weighted by atomic mass is 10.2. The van der Waals surface area contributed by atoms with Crippen LogP contribution in [0.25, 0.3) is 11.0 Å². The zero-order valence-electron chi connectivity index (χ0n) is 16.0. The van der Waals surface area contributed by atoms with Crippen molar-refractivity contribution in [1.29, 1.82) is 0 Å². The smallest absolute Gasteiger partial charge is 0.133 e. The molecule has 0 aliphatic heterocycles. The quantitative estimate of drug-likeness (QED) is 0.396. The van der Waals surface area contributed by atoms with Gasteiger partial charge in [0.2, 0.25) is 0 Å². The second kappa shape index (κ2) is 11.8. The van der Waals surface area contributed by atoms with Crippen LogP contribution in [0, 0.1) is 12.8 Å². The Morgan fingerprint density at radius 1 is 1.00 bits per heavy atom. The molecule has 0 radical (unpaired) electrons. The van der Waals surface area contributed by atoms with Crippen molar-refractivity contribution in [3.05, 3.63) is 66.4 Å². The van der Waals surface area contributed by atoms with Gasteiger partial charge >= 0.3 is 0 Å². The van der Waals surface area contributed by atoms with Gasteiger partial charge < -0.3 is 9.73 Å². The summed E-state index contributed by atoms with van der Waals surface area (Å²) in [7, 11) is 0. The molecule has 3 nitrogen and oxygen atoms in total. The summed E-state index contributed by atoms with van der Waals surface area (Å²) in [6, 6.07) is 18.5. The van der Waals surface area contributed by atoms with Gasteiger partial charge in [-0.15, -0.1) is 0 Å². The molecule has 0 aliphatic rings. The van der Waals surface area contributed by atoms with Crippen LogP contribution in [0.5, 0.6) is 0 Å². The lowest BCUT2D eigenvalue weighted by Crippen LogP contribution is -2.23. The van der Waals surface area contributed by atoms with Crippen molar-refractivity contribution in [2.75, 3.05) is 19.6 Å². The maximum absolute atomic E-state index is 5.32. The SMILES string of the molecule is CC(C)CNCCCNSc1ccc2occc2c1.Cc1ccccc1. The molecule has 3 aromatic rings. The number of aryl methyl sites for hydroxylation is 1. The molecular weight excluding hydrogens is 340 g/mol. The molecule has 0 saturated heterocycles. The Morgan fingerprint density at radius 3 is 2.50 bits per heavy atom. The van der Waals surface area contributed by atoms with E-state index in [9.17, 15) is 0 Å². The molecule has 26 heavy (non-hydrogen) atoms. The molecule has 0 fully saturated rings. The average molecular weight is 371 g/mol. The van der Waals surface area contributed by atoms with E-state index in [1.807, 2.05) is 30.3 Å². The predicted octanol–water partition coefficient (Wildman–Crippen LogP) is 5.66. The van der Waals surface area contributed by atoms with Gasteiger partial charge in [-0.05, 0) is 68.6 Å². The van der Waals surface area contributed by atoms with Gasteiger partial charge in [-0.2, -0.15) is 0 Å². The summed E-state index contributed by atoms with van der Waals surface area (Å²) >= 11 is 1.68. The minimum atomic E-state index is 0.726. The van der Waals surface area contributed by atoms with Crippen LogP contribution in [-0.2, 0) is 0 Å². The number of hydrogen-bond acceptors (Lipinski definition) is 4. The Labute approximate surface area is 161 Å². The second-order valence-electron chi connectivity index (χ2n) is 6.72. The maximum Gasteiger partial charge on any atom is 0.133 e. The summed E-state index contributed by atoms with van der Waals surface area (Å²) < 4.78 is 8.72. The Kier molecular flexibility index (Phi) is 9.32. The summed E-state index contributed by atoms with van der Waals surface area (Å²) in [5.41, 5.74) is 2.27. The fourth-order valence-corrected chi connectivity index (χ4v) is 3.09. The van der Waals surface area contributed by atoms with E-state index in [-0.39, 0.29) is 0 Å². The standard InChI is InChI=1S/C15H22N2OS.C7H8/c1-12(2)11-16-7-3-8-17-19-14-4-5-15-13(10-14)6-9-18-15;1-7-5-3-2-4-6-7/h4-6,9-10,12,16-17H,3,7-8,11H2,1-2H3;2-6H,1H3. The van der Waals surface area contributed by atoms with Crippen molar-refractivity contribution in [2.24, 2.45) is 5.92 Å². The van der Waals surface area contributed by atoms with E-state index in [1.54, 1.807) is 18.2 Å². The molecule has 140 valence electrons. The van der Waals surface area contributed by atoms with Crippen LogP contribution in [0.15, 0.2) is 70.2 Å².